The van der Waals surface area contributed by atoms with Crippen LogP contribution in [0.1, 0.15) is 0 Å². The lowest BCUT2D eigenvalue weighted by Gasteiger charge is -2.03. The van der Waals surface area contributed by atoms with Gasteiger partial charge in [-0.3, -0.25) is 0 Å². The predicted molar refractivity (Wildman–Crippen MR) is 80.3 cm³/mol. The molecule has 96 valence electrons. The van der Waals surface area contributed by atoms with Gasteiger partial charge in [0, 0.05) is 4.90 Å². The number of ether oxygens (including phenoxy) is 1. The molecule has 3 rings (SSSR count). The maximum atomic E-state index is 5.24. The topological polar surface area (TPSA) is 35.0 Å². The van der Waals surface area contributed by atoms with Crippen molar-refractivity contribution in [2.45, 2.75) is 9.10 Å². The average molecular weight is 306 g/mol. The Morgan fingerprint density at radius 3 is 2.95 bits per heavy atom. The third kappa shape index (κ3) is 2.80. The molecular weight excluding hydrogens is 296 g/mol. The molecule has 2 heterocycles. The van der Waals surface area contributed by atoms with E-state index in [0.717, 1.165) is 25.4 Å². The number of nitrogens with zero attached hydrogens (tertiary/aromatic N) is 2. The van der Waals surface area contributed by atoms with Gasteiger partial charge >= 0.3 is 0 Å². The molecule has 0 saturated heterocycles. The summed E-state index contributed by atoms with van der Waals surface area (Å²) in [5.74, 6) is 0.861. The van der Waals surface area contributed by atoms with E-state index in [1.807, 2.05) is 24.3 Å². The smallest absolute Gasteiger partial charge is 0.129 e. The van der Waals surface area contributed by atoms with Gasteiger partial charge in [-0.15, -0.1) is 16.4 Å². The Hall–Kier alpha value is -1.37. The van der Waals surface area contributed by atoms with Crippen LogP contribution >= 0.6 is 34.6 Å². The van der Waals surface area contributed by atoms with Gasteiger partial charge < -0.3 is 4.74 Å². The van der Waals surface area contributed by atoms with E-state index in [1.165, 1.54) is 11.5 Å². The molecule has 6 heteroatoms. The quantitative estimate of drug-likeness (QED) is 0.714. The molecule has 0 amide bonds. The number of benzene rings is 1. The van der Waals surface area contributed by atoms with Gasteiger partial charge in [0.15, 0.2) is 0 Å². The van der Waals surface area contributed by atoms with E-state index in [4.69, 9.17) is 4.74 Å². The van der Waals surface area contributed by atoms with Crippen molar-refractivity contribution in [2.75, 3.05) is 7.11 Å². The van der Waals surface area contributed by atoms with Gasteiger partial charge in [-0.05, 0) is 41.2 Å². The Labute approximate surface area is 123 Å². The van der Waals surface area contributed by atoms with E-state index in [9.17, 15) is 0 Å². The number of aromatic nitrogens is 2. The van der Waals surface area contributed by atoms with Crippen LogP contribution in [0.4, 0.5) is 0 Å². The van der Waals surface area contributed by atoms with Crippen LogP contribution in [0.25, 0.3) is 10.6 Å². The maximum absolute atomic E-state index is 5.24. The Morgan fingerprint density at radius 1 is 1.21 bits per heavy atom. The highest BCUT2D eigenvalue weighted by molar-refractivity contribution is 8.01. The van der Waals surface area contributed by atoms with Crippen LogP contribution in [0, 0.1) is 0 Å². The lowest BCUT2D eigenvalue weighted by atomic mass is 10.3. The molecular formula is C13H10N2OS3. The second-order valence-electron chi connectivity index (χ2n) is 3.67. The van der Waals surface area contributed by atoms with Gasteiger partial charge in [0.2, 0.25) is 0 Å². The molecule has 0 spiro atoms. The van der Waals surface area contributed by atoms with Crippen LogP contribution in [0.15, 0.2) is 50.9 Å². The summed E-state index contributed by atoms with van der Waals surface area (Å²) in [6, 6.07) is 12.1. The van der Waals surface area contributed by atoms with Crippen molar-refractivity contribution < 1.29 is 4.74 Å². The number of methoxy groups -OCH3 is 1. The summed E-state index contributed by atoms with van der Waals surface area (Å²) in [5, 5.41) is 6.27. The zero-order valence-electron chi connectivity index (χ0n) is 10.1. The summed E-state index contributed by atoms with van der Waals surface area (Å²) in [6.45, 7) is 0. The Kier molecular flexibility index (Phi) is 3.82. The van der Waals surface area contributed by atoms with Gasteiger partial charge in [0.1, 0.15) is 15.7 Å². The largest absolute Gasteiger partial charge is 0.497 e. The standard InChI is InChI=1S/C13H10N2OS3/c1-16-9-4-2-5-10(8-9)18-13-12(14-15-19-13)11-6-3-7-17-11/h2-8H,1H3. The highest BCUT2D eigenvalue weighted by Gasteiger charge is 2.12. The zero-order chi connectivity index (χ0) is 13.1. The Bertz CT molecular complexity index is 664. The molecule has 0 aliphatic heterocycles. The second-order valence-corrected chi connectivity index (χ2v) is 6.71. The van der Waals surface area contributed by atoms with Crippen LogP contribution in [0.5, 0.6) is 5.75 Å². The molecule has 0 saturated carbocycles. The number of hydrogen-bond acceptors (Lipinski definition) is 6. The first-order chi connectivity index (χ1) is 9.36. The number of hydrogen-bond donors (Lipinski definition) is 0. The summed E-state index contributed by atoms with van der Waals surface area (Å²) in [6.07, 6.45) is 0. The molecule has 0 aliphatic rings. The van der Waals surface area contributed by atoms with E-state index < -0.39 is 0 Å². The van der Waals surface area contributed by atoms with Crippen LogP contribution in [-0.4, -0.2) is 16.7 Å². The normalized spacial score (nSPS) is 10.6. The third-order valence-corrected chi connectivity index (χ3v) is 5.21. The van der Waals surface area contributed by atoms with Crippen molar-refractivity contribution in [3.8, 4) is 16.3 Å². The average Bonchev–Trinajstić information content (AvgIpc) is 3.09. The summed E-state index contributed by atoms with van der Waals surface area (Å²) in [4.78, 5) is 2.28. The van der Waals surface area contributed by atoms with E-state index in [0.29, 0.717) is 0 Å². The zero-order valence-corrected chi connectivity index (χ0v) is 12.5. The van der Waals surface area contributed by atoms with Crippen molar-refractivity contribution in [1.82, 2.24) is 9.59 Å². The number of rotatable bonds is 4. The molecule has 3 aromatic rings. The molecule has 0 atom stereocenters. The lowest BCUT2D eigenvalue weighted by molar-refractivity contribution is 0.413. The van der Waals surface area contributed by atoms with Gasteiger partial charge in [-0.25, -0.2) is 0 Å². The molecule has 0 N–H and O–H groups in total. The predicted octanol–water partition coefficient (Wildman–Crippen LogP) is 4.43. The van der Waals surface area contributed by atoms with Crippen molar-refractivity contribution in [3.05, 3.63) is 41.8 Å². The van der Waals surface area contributed by atoms with Gasteiger partial charge in [-0.1, -0.05) is 28.4 Å². The molecule has 0 fully saturated rings. The van der Waals surface area contributed by atoms with E-state index >= 15 is 0 Å². The summed E-state index contributed by atoms with van der Waals surface area (Å²) in [7, 11) is 1.68. The Morgan fingerprint density at radius 2 is 2.16 bits per heavy atom. The monoisotopic (exact) mass is 306 g/mol. The molecule has 0 bridgehead atoms. The van der Waals surface area contributed by atoms with Crippen LogP contribution in [0.3, 0.4) is 0 Å². The molecule has 0 unspecified atom stereocenters. The first-order valence-electron chi connectivity index (χ1n) is 5.55. The first kappa shape index (κ1) is 12.7. The van der Waals surface area contributed by atoms with Gasteiger partial charge in [0.05, 0.1) is 12.0 Å². The second kappa shape index (κ2) is 5.73. The molecule has 3 nitrogen and oxygen atoms in total. The summed E-state index contributed by atoms with van der Waals surface area (Å²) in [5.41, 5.74) is 0.966. The van der Waals surface area contributed by atoms with E-state index in [2.05, 4.69) is 27.1 Å². The van der Waals surface area contributed by atoms with Crippen molar-refractivity contribution in [2.24, 2.45) is 0 Å². The fourth-order valence-corrected chi connectivity index (χ4v) is 4.18. The van der Waals surface area contributed by atoms with Crippen LogP contribution < -0.4 is 4.74 Å². The van der Waals surface area contributed by atoms with E-state index in [1.54, 1.807) is 30.2 Å². The minimum Gasteiger partial charge on any atom is -0.497 e. The number of thiophene rings is 1. The fraction of sp³-hybridized carbons (Fsp3) is 0.0769. The Balaban J connectivity index is 1.89. The van der Waals surface area contributed by atoms with Crippen molar-refractivity contribution in [3.63, 3.8) is 0 Å². The highest BCUT2D eigenvalue weighted by atomic mass is 32.2. The molecule has 19 heavy (non-hydrogen) atoms. The molecule has 1 aromatic carbocycles. The van der Waals surface area contributed by atoms with Crippen molar-refractivity contribution in [1.29, 1.82) is 0 Å². The summed E-state index contributed by atoms with van der Waals surface area (Å²) < 4.78 is 10.4. The SMILES string of the molecule is COc1cccc(Sc2snnc2-c2cccs2)c1. The lowest BCUT2D eigenvalue weighted by Crippen LogP contribution is -1.82. The highest BCUT2D eigenvalue weighted by Crippen LogP contribution is 2.39. The van der Waals surface area contributed by atoms with Crippen molar-refractivity contribution >= 4 is 34.6 Å². The molecule has 0 aliphatic carbocycles. The van der Waals surface area contributed by atoms with Gasteiger partial charge in [0.25, 0.3) is 0 Å². The minimum absolute atomic E-state index is 0.861. The molecule has 0 radical (unpaired) electrons. The molecule has 2 aromatic heterocycles. The minimum atomic E-state index is 0.861. The van der Waals surface area contributed by atoms with Crippen LogP contribution in [0.2, 0.25) is 0 Å². The maximum Gasteiger partial charge on any atom is 0.129 e. The van der Waals surface area contributed by atoms with Crippen LogP contribution in [-0.2, 0) is 0 Å². The fourth-order valence-electron chi connectivity index (χ4n) is 1.58. The van der Waals surface area contributed by atoms with Gasteiger partial charge in [-0.2, -0.15) is 0 Å². The first-order valence-corrected chi connectivity index (χ1v) is 8.02. The summed E-state index contributed by atoms with van der Waals surface area (Å²) >= 11 is 4.77. The van der Waals surface area contributed by atoms with E-state index in [-0.39, 0.29) is 0 Å². The third-order valence-electron chi connectivity index (χ3n) is 2.46.